The topological polar surface area (TPSA) is 46.3 Å². The molecule has 3 nitrogen and oxygen atoms in total. The van der Waals surface area contributed by atoms with Crippen molar-refractivity contribution in [2.24, 2.45) is 17.1 Å². The molecule has 0 aromatic carbocycles. The van der Waals surface area contributed by atoms with E-state index < -0.39 is 0 Å². The Bertz CT molecular complexity index is 220. The van der Waals surface area contributed by atoms with Crippen LogP contribution < -0.4 is 5.73 Å². The molecule has 1 aliphatic heterocycles. The average Bonchev–Trinajstić information content (AvgIpc) is 2.02. The molecule has 0 aromatic rings. The molecule has 1 amide bonds. The Balaban J connectivity index is 2.67. The van der Waals surface area contributed by atoms with Gasteiger partial charge in [0.05, 0.1) is 6.04 Å². The van der Waals surface area contributed by atoms with Crippen molar-refractivity contribution in [1.82, 2.24) is 4.90 Å². The Labute approximate surface area is 86.6 Å². The standard InChI is InChI=1S/C11H22N2O/c1-11(2,3)8-5-6-13(4)9(7-8)10(12)14/h8-9H,5-7H2,1-4H3,(H2,12,14)/t8-,9+/m1/s1. The number of hydrogen-bond donors (Lipinski definition) is 1. The summed E-state index contributed by atoms with van der Waals surface area (Å²) in [5.41, 5.74) is 5.67. The number of carbonyl (C=O) groups is 1. The van der Waals surface area contributed by atoms with Crippen molar-refractivity contribution >= 4 is 5.91 Å². The molecule has 2 N–H and O–H groups in total. The van der Waals surface area contributed by atoms with E-state index in [9.17, 15) is 4.79 Å². The third-order valence-corrected chi connectivity index (χ3v) is 3.42. The Morgan fingerprint density at radius 2 is 2.00 bits per heavy atom. The zero-order valence-electron chi connectivity index (χ0n) is 9.71. The molecule has 0 radical (unpaired) electrons. The number of hydrogen-bond acceptors (Lipinski definition) is 2. The van der Waals surface area contributed by atoms with Gasteiger partial charge in [0.2, 0.25) is 5.91 Å². The number of amides is 1. The summed E-state index contributed by atoms with van der Waals surface area (Å²) in [6.45, 7) is 7.69. The van der Waals surface area contributed by atoms with Crippen LogP contribution in [-0.2, 0) is 4.79 Å². The maximum absolute atomic E-state index is 11.2. The van der Waals surface area contributed by atoms with E-state index in [1.807, 2.05) is 7.05 Å². The van der Waals surface area contributed by atoms with Crippen LogP contribution in [-0.4, -0.2) is 30.4 Å². The molecular formula is C11H22N2O. The van der Waals surface area contributed by atoms with Crippen molar-refractivity contribution in [3.8, 4) is 0 Å². The van der Waals surface area contributed by atoms with Crippen molar-refractivity contribution in [3.63, 3.8) is 0 Å². The SMILES string of the molecule is CN1CC[C@@H](C(C)(C)C)C[C@H]1C(N)=O. The van der Waals surface area contributed by atoms with Crippen LogP contribution in [0.5, 0.6) is 0 Å². The van der Waals surface area contributed by atoms with Gasteiger partial charge < -0.3 is 5.73 Å². The van der Waals surface area contributed by atoms with E-state index in [0.29, 0.717) is 5.92 Å². The van der Waals surface area contributed by atoms with Crippen LogP contribution >= 0.6 is 0 Å². The Hall–Kier alpha value is -0.570. The molecule has 1 aliphatic rings. The number of primary amides is 1. The van der Waals surface area contributed by atoms with E-state index in [4.69, 9.17) is 5.73 Å². The summed E-state index contributed by atoms with van der Waals surface area (Å²) in [6.07, 6.45) is 2.08. The quantitative estimate of drug-likeness (QED) is 0.689. The lowest BCUT2D eigenvalue weighted by molar-refractivity contribution is -0.125. The second kappa shape index (κ2) is 3.89. The number of carbonyl (C=O) groups excluding carboxylic acids is 1. The van der Waals surface area contributed by atoms with Gasteiger partial charge in [-0.2, -0.15) is 0 Å². The molecule has 0 spiro atoms. The fraction of sp³-hybridized carbons (Fsp3) is 0.909. The summed E-state index contributed by atoms with van der Waals surface area (Å²) in [5.74, 6) is 0.428. The van der Waals surface area contributed by atoms with Crippen molar-refractivity contribution in [1.29, 1.82) is 0 Å². The van der Waals surface area contributed by atoms with Crippen LogP contribution in [0, 0.1) is 11.3 Å². The van der Waals surface area contributed by atoms with E-state index in [1.165, 1.54) is 6.42 Å². The molecule has 14 heavy (non-hydrogen) atoms. The summed E-state index contributed by atoms with van der Waals surface area (Å²) < 4.78 is 0. The smallest absolute Gasteiger partial charge is 0.234 e. The molecule has 1 heterocycles. The van der Waals surface area contributed by atoms with E-state index >= 15 is 0 Å². The molecule has 0 aliphatic carbocycles. The minimum atomic E-state index is -0.179. The maximum atomic E-state index is 11.2. The molecule has 1 saturated heterocycles. The van der Waals surface area contributed by atoms with Gasteiger partial charge in [-0.3, -0.25) is 9.69 Å². The first-order valence-corrected chi connectivity index (χ1v) is 5.32. The fourth-order valence-corrected chi connectivity index (χ4v) is 2.20. The molecule has 0 aromatic heterocycles. The highest BCUT2D eigenvalue weighted by molar-refractivity contribution is 5.79. The van der Waals surface area contributed by atoms with Gasteiger partial charge in [-0.15, -0.1) is 0 Å². The van der Waals surface area contributed by atoms with Crippen LogP contribution in [0.15, 0.2) is 0 Å². The van der Waals surface area contributed by atoms with Crippen molar-refractivity contribution in [3.05, 3.63) is 0 Å². The Kier molecular flexibility index (Phi) is 3.20. The molecule has 1 fully saturated rings. The first-order chi connectivity index (χ1) is 6.32. The number of rotatable bonds is 1. The summed E-state index contributed by atoms with van der Waals surface area (Å²) in [4.78, 5) is 13.3. The lowest BCUT2D eigenvalue weighted by Crippen LogP contribution is -2.49. The van der Waals surface area contributed by atoms with Crippen LogP contribution in [0.1, 0.15) is 33.6 Å². The second-order valence-corrected chi connectivity index (χ2v) is 5.49. The minimum Gasteiger partial charge on any atom is -0.368 e. The number of nitrogens with zero attached hydrogens (tertiary/aromatic N) is 1. The van der Waals surface area contributed by atoms with Gasteiger partial charge in [0.1, 0.15) is 0 Å². The highest BCUT2D eigenvalue weighted by atomic mass is 16.1. The Morgan fingerprint density at radius 3 is 2.43 bits per heavy atom. The molecule has 2 atom stereocenters. The highest BCUT2D eigenvalue weighted by Crippen LogP contribution is 2.36. The van der Waals surface area contributed by atoms with Gasteiger partial charge >= 0.3 is 0 Å². The van der Waals surface area contributed by atoms with Crippen molar-refractivity contribution in [2.45, 2.75) is 39.7 Å². The highest BCUT2D eigenvalue weighted by Gasteiger charge is 2.35. The van der Waals surface area contributed by atoms with Gasteiger partial charge in [-0.05, 0) is 37.8 Å². The van der Waals surface area contributed by atoms with Gasteiger partial charge in [-0.25, -0.2) is 0 Å². The number of likely N-dealkylation sites (N-methyl/N-ethyl adjacent to an activating group) is 1. The maximum Gasteiger partial charge on any atom is 0.234 e. The first-order valence-electron chi connectivity index (χ1n) is 5.32. The Morgan fingerprint density at radius 1 is 1.43 bits per heavy atom. The average molecular weight is 198 g/mol. The molecular weight excluding hydrogens is 176 g/mol. The lowest BCUT2D eigenvalue weighted by Gasteiger charge is -2.41. The molecule has 0 saturated carbocycles. The normalized spacial score (nSPS) is 30.3. The summed E-state index contributed by atoms with van der Waals surface area (Å²) >= 11 is 0. The number of nitrogens with two attached hydrogens (primary N) is 1. The minimum absolute atomic E-state index is 0.0621. The van der Waals surface area contributed by atoms with Gasteiger partial charge in [0.15, 0.2) is 0 Å². The van der Waals surface area contributed by atoms with Gasteiger partial charge in [-0.1, -0.05) is 20.8 Å². The molecule has 1 rings (SSSR count). The van der Waals surface area contributed by atoms with E-state index in [-0.39, 0.29) is 17.4 Å². The fourth-order valence-electron chi connectivity index (χ4n) is 2.20. The monoisotopic (exact) mass is 198 g/mol. The molecule has 0 bridgehead atoms. The largest absolute Gasteiger partial charge is 0.368 e. The second-order valence-electron chi connectivity index (χ2n) is 5.49. The first kappa shape index (κ1) is 11.5. The predicted molar refractivity (Wildman–Crippen MR) is 57.8 cm³/mol. The predicted octanol–water partition coefficient (Wildman–Crippen LogP) is 1.23. The van der Waals surface area contributed by atoms with E-state index in [1.54, 1.807) is 0 Å². The number of likely N-dealkylation sites (tertiary alicyclic amines) is 1. The third kappa shape index (κ3) is 2.47. The van der Waals surface area contributed by atoms with Gasteiger partial charge in [0.25, 0.3) is 0 Å². The van der Waals surface area contributed by atoms with Crippen LogP contribution in [0.3, 0.4) is 0 Å². The third-order valence-electron chi connectivity index (χ3n) is 3.42. The molecule has 0 unspecified atom stereocenters. The van der Waals surface area contributed by atoms with Crippen molar-refractivity contribution < 1.29 is 4.79 Å². The summed E-state index contributed by atoms with van der Waals surface area (Å²) in [6, 6.07) is -0.0621. The van der Waals surface area contributed by atoms with Crippen molar-refractivity contribution in [2.75, 3.05) is 13.6 Å². The van der Waals surface area contributed by atoms with E-state index in [2.05, 4.69) is 25.7 Å². The molecule has 3 heteroatoms. The number of piperidine rings is 1. The van der Waals surface area contributed by atoms with Crippen LogP contribution in [0.2, 0.25) is 0 Å². The summed E-state index contributed by atoms with van der Waals surface area (Å²) in [7, 11) is 1.98. The van der Waals surface area contributed by atoms with Crippen LogP contribution in [0.4, 0.5) is 0 Å². The lowest BCUT2D eigenvalue weighted by atomic mass is 9.73. The summed E-state index contributed by atoms with van der Waals surface area (Å²) in [5, 5.41) is 0. The van der Waals surface area contributed by atoms with Gasteiger partial charge in [0, 0.05) is 0 Å². The zero-order valence-corrected chi connectivity index (χ0v) is 9.71. The van der Waals surface area contributed by atoms with Crippen LogP contribution in [0.25, 0.3) is 0 Å². The zero-order chi connectivity index (χ0) is 10.9. The van der Waals surface area contributed by atoms with E-state index in [0.717, 1.165) is 13.0 Å². The molecule has 82 valence electrons.